The molecule has 1 unspecified atom stereocenters. The van der Waals surface area contributed by atoms with Crippen molar-refractivity contribution in [2.45, 2.75) is 45.4 Å². The van der Waals surface area contributed by atoms with Crippen LogP contribution in [0.1, 0.15) is 61.8 Å². The van der Waals surface area contributed by atoms with Gasteiger partial charge in [0.05, 0.1) is 0 Å². The van der Waals surface area contributed by atoms with Crippen LogP contribution in [0.25, 0.3) is 11.1 Å². The van der Waals surface area contributed by atoms with Crippen LogP contribution >= 0.6 is 0 Å². The Morgan fingerprint density at radius 3 is 2.47 bits per heavy atom. The summed E-state index contributed by atoms with van der Waals surface area (Å²) in [7, 11) is 0. The van der Waals surface area contributed by atoms with Gasteiger partial charge in [-0.2, -0.15) is 0 Å². The Labute approximate surface area is 175 Å². The molecule has 5 nitrogen and oxygen atoms in total. The minimum absolute atomic E-state index is 0.0186. The lowest BCUT2D eigenvalue weighted by Crippen LogP contribution is -2.59. The molecular weight excluding hydrogens is 376 g/mol. The Balaban J connectivity index is 1.52. The van der Waals surface area contributed by atoms with Crippen molar-refractivity contribution in [3.05, 3.63) is 65.5 Å². The van der Waals surface area contributed by atoms with Crippen LogP contribution in [-0.2, 0) is 10.2 Å². The van der Waals surface area contributed by atoms with E-state index in [4.69, 9.17) is 9.40 Å². The number of carbonyl (C=O) groups excluding carboxylic acids is 2. The lowest BCUT2D eigenvalue weighted by molar-refractivity contribution is -0.143. The second kappa shape index (κ2) is 6.27. The van der Waals surface area contributed by atoms with Crippen molar-refractivity contribution in [2.24, 2.45) is 10.8 Å². The van der Waals surface area contributed by atoms with Crippen molar-refractivity contribution in [3.8, 4) is 0 Å². The third-order valence-corrected chi connectivity index (χ3v) is 6.84. The SMILES string of the molecule is CC1(c2nc3cc(C(=O)c4ccccc4)ccc3o2)C[C@@]2(C)CNC(=O)[C@@](C)(C1)C2. The summed E-state index contributed by atoms with van der Waals surface area (Å²) in [5.41, 5.74) is 1.87. The Morgan fingerprint density at radius 1 is 0.967 bits per heavy atom. The molecule has 154 valence electrons. The molecule has 1 saturated heterocycles. The maximum atomic E-state index is 12.8. The minimum Gasteiger partial charge on any atom is -0.440 e. The molecular formula is C25H26N2O3. The molecule has 3 atom stereocenters. The average Bonchev–Trinajstić information content (AvgIpc) is 3.15. The third kappa shape index (κ3) is 2.95. The van der Waals surface area contributed by atoms with Crippen LogP contribution in [0.5, 0.6) is 0 Å². The van der Waals surface area contributed by atoms with E-state index in [1.807, 2.05) is 36.4 Å². The van der Waals surface area contributed by atoms with Crippen LogP contribution in [-0.4, -0.2) is 23.2 Å². The van der Waals surface area contributed by atoms with Crippen LogP contribution in [0.4, 0.5) is 0 Å². The molecule has 2 heterocycles. The minimum atomic E-state index is -0.422. The van der Waals surface area contributed by atoms with Gasteiger partial charge in [0.2, 0.25) is 11.8 Å². The smallest absolute Gasteiger partial charge is 0.226 e. The number of piperidine rings is 1. The first-order valence-corrected chi connectivity index (χ1v) is 10.5. The summed E-state index contributed by atoms with van der Waals surface area (Å²) in [6, 6.07) is 14.7. The zero-order valence-electron chi connectivity index (χ0n) is 17.6. The van der Waals surface area contributed by atoms with E-state index in [9.17, 15) is 9.59 Å². The van der Waals surface area contributed by atoms with Gasteiger partial charge in [-0.25, -0.2) is 4.98 Å². The van der Waals surface area contributed by atoms with Crippen LogP contribution in [0.3, 0.4) is 0 Å². The molecule has 2 fully saturated rings. The highest BCUT2D eigenvalue weighted by atomic mass is 16.3. The normalized spacial score (nSPS) is 30.8. The van der Waals surface area contributed by atoms with E-state index in [0.29, 0.717) is 41.1 Å². The van der Waals surface area contributed by atoms with E-state index in [1.54, 1.807) is 12.1 Å². The van der Waals surface area contributed by atoms with Crippen molar-refractivity contribution in [3.63, 3.8) is 0 Å². The van der Waals surface area contributed by atoms with Gasteiger partial charge in [0, 0.05) is 28.5 Å². The fourth-order valence-corrected chi connectivity index (χ4v) is 5.96. The maximum absolute atomic E-state index is 12.8. The standard InChI is InChI=1S/C25H26N2O3/c1-23-12-24(2,21(29)26-15-23)14-25(3,13-23)22-27-18-11-17(9-10-19(18)30-22)20(28)16-7-5-4-6-8-16/h4-11H,12-15H2,1-3H3,(H,26,29)/t23-,24+,25?/m0/s1. The van der Waals surface area contributed by atoms with E-state index >= 15 is 0 Å². The number of nitrogens with zero attached hydrogens (tertiary/aromatic N) is 1. The van der Waals surface area contributed by atoms with E-state index in [0.717, 1.165) is 12.8 Å². The highest BCUT2D eigenvalue weighted by Gasteiger charge is 2.57. The zero-order valence-corrected chi connectivity index (χ0v) is 17.6. The highest BCUT2D eigenvalue weighted by molar-refractivity contribution is 6.10. The molecule has 2 aromatic carbocycles. The molecule has 2 bridgehead atoms. The van der Waals surface area contributed by atoms with Crippen molar-refractivity contribution in [1.29, 1.82) is 0 Å². The first-order chi connectivity index (χ1) is 14.2. The number of rotatable bonds is 3. The molecule has 1 aliphatic carbocycles. The second-order valence-corrected chi connectivity index (χ2v) is 10.0. The number of benzene rings is 2. The van der Waals surface area contributed by atoms with Gasteiger partial charge in [0.1, 0.15) is 5.52 Å². The first kappa shape index (κ1) is 19.0. The summed E-state index contributed by atoms with van der Waals surface area (Å²) >= 11 is 0. The number of aromatic nitrogens is 1. The summed E-state index contributed by atoms with van der Waals surface area (Å²) in [6.45, 7) is 7.13. The number of hydrogen-bond acceptors (Lipinski definition) is 4. The van der Waals surface area contributed by atoms with Gasteiger partial charge < -0.3 is 9.73 Å². The van der Waals surface area contributed by atoms with Crippen LogP contribution in [0, 0.1) is 10.8 Å². The molecule has 2 aliphatic rings. The fraction of sp³-hybridized carbons (Fsp3) is 0.400. The van der Waals surface area contributed by atoms with Gasteiger partial charge >= 0.3 is 0 Å². The van der Waals surface area contributed by atoms with Gasteiger partial charge in [-0.05, 0) is 42.9 Å². The monoisotopic (exact) mass is 402 g/mol. The molecule has 0 spiro atoms. The van der Waals surface area contributed by atoms with E-state index in [1.165, 1.54) is 0 Å². The Bertz CT molecular complexity index is 1170. The van der Waals surface area contributed by atoms with Crippen LogP contribution < -0.4 is 5.32 Å². The molecule has 3 aromatic rings. The quantitative estimate of drug-likeness (QED) is 0.648. The lowest BCUT2D eigenvalue weighted by Gasteiger charge is -2.54. The number of nitrogens with one attached hydrogen (secondary N) is 1. The Morgan fingerprint density at radius 2 is 1.70 bits per heavy atom. The zero-order chi connectivity index (χ0) is 21.1. The van der Waals surface area contributed by atoms with Gasteiger partial charge in [-0.15, -0.1) is 0 Å². The highest BCUT2D eigenvalue weighted by Crippen LogP contribution is 2.56. The molecule has 1 amide bonds. The predicted molar refractivity (Wildman–Crippen MR) is 114 cm³/mol. The van der Waals surface area contributed by atoms with Crippen molar-refractivity contribution < 1.29 is 14.0 Å². The van der Waals surface area contributed by atoms with Gasteiger partial charge in [0.25, 0.3) is 0 Å². The molecule has 5 rings (SSSR count). The fourth-order valence-electron chi connectivity index (χ4n) is 5.96. The van der Waals surface area contributed by atoms with E-state index < -0.39 is 5.41 Å². The van der Waals surface area contributed by atoms with Gasteiger partial charge in [-0.1, -0.05) is 51.1 Å². The van der Waals surface area contributed by atoms with Crippen molar-refractivity contribution >= 4 is 22.8 Å². The molecule has 30 heavy (non-hydrogen) atoms. The largest absolute Gasteiger partial charge is 0.440 e. The Hall–Kier alpha value is -2.95. The van der Waals surface area contributed by atoms with Gasteiger partial charge in [-0.3, -0.25) is 9.59 Å². The molecule has 0 radical (unpaired) electrons. The molecule has 1 saturated carbocycles. The van der Waals surface area contributed by atoms with E-state index in [-0.39, 0.29) is 22.5 Å². The molecule has 5 heteroatoms. The van der Waals surface area contributed by atoms with Crippen LogP contribution in [0.15, 0.2) is 52.9 Å². The second-order valence-electron chi connectivity index (χ2n) is 10.0. The number of amides is 1. The summed E-state index contributed by atoms with van der Waals surface area (Å²) in [5, 5.41) is 3.09. The number of fused-ring (bicyclic) bond motifs is 3. The number of carbonyl (C=O) groups is 2. The number of hydrogen-bond donors (Lipinski definition) is 1. The Kier molecular flexibility index (Phi) is 3.98. The van der Waals surface area contributed by atoms with Gasteiger partial charge in [0.15, 0.2) is 11.4 Å². The number of oxazole rings is 1. The summed E-state index contributed by atoms with van der Waals surface area (Å²) < 4.78 is 6.19. The summed E-state index contributed by atoms with van der Waals surface area (Å²) in [6.07, 6.45) is 2.49. The first-order valence-electron chi connectivity index (χ1n) is 10.5. The van der Waals surface area contributed by atoms with Crippen molar-refractivity contribution in [2.75, 3.05) is 6.54 Å². The predicted octanol–water partition coefficient (Wildman–Crippen LogP) is 4.64. The summed E-state index contributed by atoms with van der Waals surface area (Å²) in [4.78, 5) is 30.2. The lowest BCUT2D eigenvalue weighted by atomic mass is 9.52. The topological polar surface area (TPSA) is 72.2 Å². The molecule has 1 N–H and O–H groups in total. The van der Waals surface area contributed by atoms with Crippen molar-refractivity contribution in [1.82, 2.24) is 10.3 Å². The van der Waals surface area contributed by atoms with Crippen LogP contribution in [0.2, 0.25) is 0 Å². The maximum Gasteiger partial charge on any atom is 0.226 e. The average molecular weight is 402 g/mol. The van der Waals surface area contributed by atoms with E-state index in [2.05, 4.69) is 26.1 Å². The molecule has 1 aliphatic heterocycles. The third-order valence-electron chi connectivity index (χ3n) is 6.84. The number of ketones is 1. The summed E-state index contributed by atoms with van der Waals surface area (Å²) in [5.74, 6) is 0.753. The molecule has 1 aromatic heterocycles.